The second kappa shape index (κ2) is 11.7. The molecular weight excluding hydrogens is 448 g/mol. The fourth-order valence-corrected chi connectivity index (χ4v) is 5.19. The third-order valence-corrected chi connectivity index (χ3v) is 7.73. The normalized spacial score (nSPS) is 15.0. The van der Waals surface area contributed by atoms with Crippen LogP contribution in [0.2, 0.25) is 0 Å². The molecule has 0 fully saturated rings. The van der Waals surface area contributed by atoms with Crippen LogP contribution >= 0.6 is 11.8 Å². The van der Waals surface area contributed by atoms with Crippen LogP contribution in [-0.4, -0.2) is 21.5 Å². The number of hydrogen-bond acceptors (Lipinski definition) is 5. The molecular formula is C30H36N4S. The maximum absolute atomic E-state index is 6.26. The highest BCUT2D eigenvalue weighted by atomic mass is 32.2. The van der Waals surface area contributed by atoms with Gasteiger partial charge in [0.25, 0.3) is 0 Å². The summed E-state index contributed by atoms with van der Waals surface area (Å²) >= 11 is 1.70. The number of nitrogens with two attached hydrogens (primary N) is 1. The second-order valence-corrected chi connectivity index (χ2v) is 10.4. The van der Waals surface area contributed by atoms with Crippen LogP contribution in [0.25, 0.3) is 6.08 Å². The molecule has 0 unspecified atom stereocenters. The number of fused-ring (bicyclic) bond motifs is 1. The second-order valence-electron chi connectivity index (χ2n) is 9.19. The summed E-state index contributed by atoms with van der Waals surface area (Å²) in [6.07, 6.45) is 16.3. The number of rotatable bonds is 11. The van der Waals surface area contributed by atoms with Crippen molar-refractivity contribution in [3.63, 3.8) is 0 Å². The van der Waals surface area contributed by atoms with Crippen molar-refractivity contribution in [1.29, 1.82) is 0 Å². The van der Waals surface area contributed by atoms with Gasteiger partial charge in [0.15, 0.2) is 0 Å². The minimum atomic E-state index is 0.882. The van der Waals surface area contributed by atoms with Gasteiger partial charge in [-0.2, -0.15) is 0 Å². The number of aryl methyl sites for hydroxylation is 2. The van der Waals surface area contributed by atoms with E-state index >= 15 is 0 Å². The molecule has 1 aliphatic carbocycles. The molecule has 182 valence electrons. The third-order valence-electron chi connectivity index (χ3n) is 6.57. The summed E-state index contributed by atoms with van der Waals surface area (Å²) < 4.78 is 0. The van der Waals surface area contributed by atoms with Crippen LogP contribution in [-0.2, 0) is 19.3 Å². The van der Waals surface area contributed by atoms with Gasteiger partial charge in [-0.3, -0.25) is 15.0 Å². The van der Waals surface area contributed by atoms with Crippen molar-refractivity contribution in [2.45, 2.75) is 59.3 Å². The topological polar surface area (TPSA) is 54.5 Å². The zero-order valence-electron chi connectivity index (χ0n) is 21.2. The largest absolute Gasteiger partial charge is 0.281 e. The summed E-state index contributed by atoms with van der Waals surface area (Å²) in [5, 5.41) is 2.55. The van der Waals surface area contributed by atoms with Gasteiger partial charge in [0.2, 0.25) is 0 Å². The van der Waals surface area contributed by atoms with E-state index in [1.807, 2.05) is 18.5 Å². The Bertz CT molecular complexity index is 1200. The standard InChI is InChI=1S/C30H36N4S/c1-5-14-35-22(4)34(31)20-21(3)26-17-27-16-23(6-2)15-24(29(27)18-26)9-10-28-11-12-30(33-28)25-8-7-13-32-19-25/h7-8,11,13,15-16,18-20H,4-6,9-10,12,14,17,31H2,1-3H3/b21-20+. The Kier molecular flexibility index (Phi) is 8.42. The van der Waals surface area contributed by atoms with E-state index in [0.29, 0.717) is 0 Å². The Balaban J connectivity index is 1.49. The Morgan fingerprint density at radius 2 is 2.11 bits per heavy atom. The zero-order chi connectivity index (χ0) is 24.8. The molecule has 0 atom stereocenters. The molecule has 35 heavy (non-hydrogen) atoms. The zero-order valence-corrected chi connectivity index (χ0v) is 22.0. The van der Waals surface area contributed by atoms with E-state index in [9.17, 15) is 0 Å². The van der Waals surface area contributed by atoms with E-state index in [1.54, 1.807) is 23.0 Å². The number of benzene rings is 1. The molecule has 2 aliphatic rings. The van der Waals surface area contributed by atoms with Crippen molar-refractivity contribution in [1.82, 2.24) is 9.99 Å². The maximum atomic E-state index is 6.26. The van der Waals surface area contributed by atoms with Gasteiger partial charge in [-0.25, -0.2) is 5.84 Å². The van der Waals surface area contributed by atoms with E-state index < -0.39 is 0 Å². The summed E-state index contributed by atoms with van der Waals surface area (Å²) in [4.78, 5) is 9.14. The number of allylic oxidation sites excluding steroid dienone is 4. The number of pyridine rings is 1. The summed E-state index contributed by atoms with van der Waals surface area (Å²) in [6, 6.07) is 8.82. The van der Waals surface area contributed by atoms with Gasteiger partial charge < -0.3 is 0 Å². The van der Waals surface area contributed by atoms with Crippen molar-refractivity contribution < 1.29 is 0 Å². The first kappa shape index (κ1) is 25.2. The lowest BCUT2D eigenvalue weighted by atomic mass is 9.95. The summed E-state index contributed by atoms with van der Waals surface area (Å²) in [5.41, 5.74) is 11.6. The lowest BCUT2D eigenvalue weighted by molar-refractivity contribution is 0.525. The average Bonchev–Trinajstić information content (AvgIpc) is 3.53. The van der Waals surface area contributed by atoms with E-state index in [0.717, 1.165) is 60.6 Å². The molecule has 0 bridgehead atoms. The summed E-state index contributed by atoms with van der Waals surface area (Å²) in [6.45, 7) is 10.7. The number of thioether (sulfide) groups is 1. The van der Waals surface area contributed by atoms with Gasteiger partial charge in [0.05, 0.1) is 10.7 Å². The smallest absolute Gasteiger partial charge is 0.0826 e. The highest BCUT2D eigenvalue weighted by Crippen LogP contribution is 2.34. The monoisotopic (exact) mass is 484 g/mol. The molecule has 0 spiro atoms. The first-order valence-corrected chi connectivity index (χ1v) is 13.5. The number of hydrogen-bond donors (Lipinski definition) is 1. The molecule has 0 radical (unpaired) electrons. The molecule has 1 aromatic heterocycles. The van der Waals surface area contributed by atoms with Crippen LogP contribution in [0.3, 0.4) is 0 Å². The third kappa shape index (κ3) is 6.22. The van der Waals surface area contributed by atoms with Crippen molar-refractivity contribution in [2.24, 2.45) is 10.8 Å². The summed E-state index contributed by atoms with van der Waals surface area (Å²) in [5.74, 6) is 7.29. The van der Waals surface area contributed by atoms with Gasteiger partial charge in [-0.05, 0) is 84.2 Å². The predicted molar refractivity (Wildman–Crippen MR) is 151 cm³/mol. The SMILES string of the molecule is C=C(SCCC)N(N)/C=C(\C)C1=Cc2c(CCC3=CCC(c4cccnc4)=N3)cc(CC)cc2C1. The Morgan fingerprint density at radius 3 is 2.86 bits per heavy atom. The first-order chi connectivity index (χ1) is 17.0. The molecule has 4 nitrogen and oxygen atoms in total. The van der Waals surface area contributed by atoms with Gasteiger partial charge in [-0.15, -0.1) is 11.8 Å². The Labute approximate surface area is 214 Å². The molecule has 1 aromatic carbocycles. The lowest BCUT2D eigenvalue weighted by Gasteiger charge is -2.17. The quantitative estimate of drug-likeness (QED) is 0.276. The van der Waals surface area contributed by atoms with Crippen molar-refractivity contribution >= 4 is 23.5 Å². The van der Waals surface area contributed by atoms with Gasteiger partial charge in [0.1, 0.15) is 0 Å². The Morgan fingerprint density at radius 1 is 1.26 bits per heavy atom. The molecule has 2 N–H and O–H groups in total. The van der Waals surface area contributed by atoms with Crippen molar-refractivity contribution in [3.8, 4) is 0 Å². The maximum Gasteiger partial charge on any atom is 0.0826 e. The van der Waals surface area contributed by atoms with E-state index in [4.69, 9.17) is 10.8 Å². The predicted octanol–water partition coefficient (Wildman–Crippen LogP) is 6.99. The minimum absolute atomic E-state index is 0.882. The molecule has 5 heteroatoms. The van der Waals surface area contributed by atoms with E-state index in [1.165, 1.54) is 39.1 Å². The fraction of sp³-hybridized carbons (Fsp3) is 0.333. The number of nitrogens with zero attached hydrogens (tertiary/aromatic N) is 3. The minimum Gasteiger partial charge on any atom is -0.281 e. The molecule has 2 heterocycles. The average molecular weight is 485 g/mol. The van der Waals surface area contributed by atoms with Crippen LogP contribution < -0.4 is 5.84 Å². The van der Waals surface area contributed by atoms with Crippen LogP contribution in [0.4, 0.5) is 0 Å². The highest BCUT2D eigenvalue weighted by Gasteiger charge is 2.19. The molecule has 1 aliphatic heterocycles. The van der Waals surface area contributed by atoms with Gasteiger partial charge in [0, 0.05) is 36.3 Å². The number of hydrazine groups is 1. The van der Waals surface area contributed by atoms with E-state index in [2.05, 4.69) is 62.7 Å². The fourth-order valence-electron chi connectivity index (χ4n) is 4.55. The van der Waals surface area contributed by atoms with Crippen molar-refractivity contribution in [3.05, 3.63) is 105 Å². The van der Waals surface area contributed by atoms with Crippen LogP contribution in [0.15, 0.2) is 82.4 Å². The molecule has 0 amide bonds. The molecule has 4 rings (SSSR count). The lowest BCUT2D eigenvalue weighted by Crippen LogP contribution is -2.23. The number of aromatic nitrogens is 1. The van der Waals surface area contributed by atoms with Crippen molar-refractivity contribution in [2.75, 3.05) is 5.75 Å². The van der Waals surface area contributed by atoms with E-state index in [-0.39, 0.29) is 0 Å². The van der Waals surface area contributed by atoms with Crippen LogP contribution in [0.5, 0.6) is 0 Å². The molecule has 0 saturated heterocycles. The van der Waals surface area contributed by atoms with Gasteiger partial charge >= 0.3 is 0 Å². The van der Waals surface area contributed by atoms with Crippen LogP contribution in [0, 0.1) is 0 Å². The molecule has 0 saturated carbocycles. The Hall–Kier alpha value is -2.89. The highest BCUT2D eigenvalue weighted by molar-refractivity contribution is 8.02. The molecule has 2 aromatic rings. The first-order valence-electron chi connectivity index (χ1n) is 12.5. The summed E-state index contributed by atoms with van der Waals surface area (Å²) in [7, 11) is 0. The van der Waals surface area contributed by atoms with Gasteiger partial charge in [-0.1, -0.05) is 50.8 Å². The van der Waals surface area contributed by atoms with Crippen LogP contribution in [0.1, 0.15) is 67.9 Å². The number of aliphatic imine (C=N–C) groups is 1.